The van der Waals surface area contributed by atoms with Gasteiger partial charge in [-0.15, -0.1) is 0 Å². The van der Waals surface area contributed by atoms with Crippen LogP contribution >= 0.6 is 0 Å². The van der Waals surface area contributed by atoms with Gasteiger partial charge in [-0.1, -0.05) is 26.3 Å². The molecule has 6 rings (SSSR count). The first kappa shape index (κ1) is 24.5. The van der Waals surface area contributed by atoms with Crippen LogP contribution in [-0.2, 0) is 23.9 Å². The lowest BCUT2D eigenvalue weighted by molar-refractivity contribution is -0.635. The third-order valence-corrected chi connectivity index (χ3v) is 11.8. The fraction of sp³-hybridized carbons (Fsp3) is 0.800. The van der Waals surface area contributed by atoms with Gasteiger partial charge in [0.15, 0.2) is 18.0 Å². The molecule has 0 amide bonds. The quantitative estimate of drug-likeness (QED) is 0.416. The summed E-state index contributed by atoms with van der Waals surface area (Å²) < 4.78 is 14.6. The van der Waals surface area contributed by atoms with E-state index in [4.69, 9.17) is 9.47 Å². The van der Waals surface area contributed by atoms with E-state index in [0.717, 1.165) is 50.6 Å². The average Bonchev–Trinajstić information content (AvgIpc) is 3.06. The number of carbonyl (C=O) groups is 3. The van der Waals surface area contributed by atoms with Crippen LogP contribution < -0.4 is 0 Å². The summed E-state index contributed by atoms with van der Waals surface area (Å²) in [6, 6.07) is 0. The second-order valence-corrected chi connectivity index (χ2v) is 13.9. The van der Waals surface area contributed by atoms with Crippen molar-refractivity contribution < 1.29 is 28.4 Å². The van der Waals surface area contributed by atoms with Crippen LogP contribution in [-0.4, -0.2) is 53.3 Å². The summed E-state index contributed by atoms with van der Waals surface area (Å²) in [4.78, 5) is 40.2. The lowest BCUT2D eigenvalue weighted by atomic mass is 9.36. The molecule has 6 nitrogen and oxygen atoms in total. The highest BCUT2D eigenvalue weighted by atomic mass is 16.5. The van der Waals surface area contributed by atoms with Crippen LogP contribution in [0.2, 0.25) is 0 Å². The highest BCUT2D eigenvalue weighted by Gasteiger charge is 2.74. The number of Topliss-reactive ketones (excluding diaryl/α,β-unsaturated/α-hetero) is 1. The van der Waals surface area contributed by atoms with Crippen molar-refractivity contribution in [3.8, 4) is 0 Å². The van der Waals surface area contributed by atoms with Crippen molar-refractivity contribution >= 4 is 23.2 Å². The number of hydrogen-bond donors (Lipinski definition) is 0. The van der Waals surface area contributed by atoms with E-state index in [9.17, 15) is 14.4 Å². The third kappa shape index (κ3) is 3.00. The van der Waals surface area contributed by atoms with Gasteiger partial charge in [0.1, 0.15) is 11.9 Å². The molecule has 0 aromatic heterocycles. The first-order valence-electron chi connectivity index (χ1n) is 14.0. The molecule has 9 atom stereocenters. The van der Waals surface area contributed by atoms with E-state index in [1.165, 1.54) is 12.8 Å². The molecule has 196 valence electrons. The van der Waals surface area contributed by atoms with Crippen molar-refractivity contribution in [2.24, 2.45) is 39.9 Å². The molecule has 0 aromatic carbocycles. The minimum absolute atomic E-state index is 0.103. The van der Waals surface area contributed by atoms with E-state index in [1.54, 1.807) is 6.08 Å². The summed E-state index contributed by atoms with van der Waals surface area (Å²) in [7, 11) is 1.45. The van der Waals surface area contributed by atoms with Crippen molar-refractivity contribution in [2.45, 2.75) is 97.8 Å². The minimum atomic E-state index is -0.591. The van der Waals surface area contributed by atoms with Gasteiger partial charge in [0.05, 0.1) is 18.9 Å². The van der Waals surface area contributed by atoms with E-state index in [1.807, 2.05) is 6.92 Å². The molecule has 0 radical (unpaired) electrons. The van der Waals surface area contributed by atoms with Crippen molar-refractivity contribution in [3.05, 3.63) is 11.6 Å². The molecule has 36 heavy (non-hydrogen) atoms. The zero-order chi connectivity index (χ0) is 25.8. The maximum absolute atomic E-state index is 14.1. The van der Waals surface area contributed by atoms with Crippen molar-refractivity contribution in [1.82, 2.24) is 0 Å². The molecular weight excluding hydrogens is 454 g/mol. The summed E-state index contributed by atoms with van der Waals surface area (Å²) in [6.07, 6.45) is 8.10. The maximum atomic E-state index is 14.1. The number of nitrogens with zero attached hydrogens (tertiary/aromatic N) is 1. The molecule has 3 heterocycles. The first-order chi connectivity index (χ1) is 16.9. The Balaban J connectivity index is 1.57. The van der Waals surface area contributed by atoms with Gasteiger partial charge in [-0.2, -0.15) is 0 Å². The number of ketones is 2. The Morgan fingerprint density at radius 2 is 1.94 bits per heavy atom. The van der Waals surface area contributed by atoms with Gasteiger partial charge in [-0.3, -0.25) is 14.4 Å². The Morgan fingerprint density at radius 3 is 2.67 bits per heavy atom. The van der Waals surface area contributed by atoms with E-state index >= 15 is 0 Å². The Bertz CT molecular complexity index is 1120. The van der Waals surface area contributed by atoms with Crippen LogP contribution in [0.4, 0.5) is 0 Å². The summed E-state index contributed by atoms with van der Waals surface area (Å²) in [5.41, 5.74) is 0.910. The Kier molecular flexibility index (Phi) is 5.18. The highest BCUT2D eigenvalue weighted by Crippen LogP contribution is 2.70. The summed E-state index contributed by atoms with van der Waals surface area (Å²) >= 11 is 0. The average molecular weight is 497 g/mol. The monoisotopic (exact) mass is 496 g/mol. The second-order valence-electron chi connectivity index (χ2n) is 13.9. The predicted octanol–water partition coefficient (Wildman–Crippen LogP) is 4.48. The topological polar surface area (TPSA) is 72.7 Å². The second kappa shape index (κ2) is 7.61. The van der Waals surface area contributed by atoms with Crippen molar-refractivity contribution in [3.63, 3.8) is 0 Å². The van der Waals surface area contributed by atoms with Gasteiger partial charge < -0.3 is 9.47 Å². The Labute approximate surface area is 214 Å². The zero-order valence-electron chi connectivity index (χ0n) is 22.8. The molecule has 1 spiro atoms. The SMILES string of the molecule is COC(=O)C[C@@]1(C)[C@H]2C(=O)C[C@@H]3C(=O)C=C(C)C[C@H]3[C@]2(C)CC2=[N+]3C[C@@H]4C[C@H](C)C[C@]3(CC[C@]21C)O4. The highest BCUT2D eigenvalue weighted by molar-refractivity contribution is 6.01. The number of esters is 1. The number of hydrogen-bond acceptors (Lipinski definition) is 5. The number of carbonyl (C=O) groups excluding carboxylic acids is 3. The van der Waals surface area contributed by atoms with Gasteiger partial charge in [0.2, 0.25) is 0 Å². The van der Waals surface area contributed by atoms with Gasteiger partial charge in [0.25, 0.3) is 5.72 Å². The Morgan fingerprint density at radius 1 is 1.19 bits per heavy atom. The van der Waals surface area contributed by atoms with Crippen LogP contribution in [0, 0.1) is 39.9 Å². The fourth-order valence-corrected chi connectivity index (χ4v) is 10.2. The standard InChI is InChI=1S/C30H42NO5/c1-17-10-21-20(22(32)11-17)12-23(33)26-27(21,3)14-24-28(4,29(26,5)15-25(34)35-6)7-8-30-13-18(2)9-19(36-30)16-31(24)30/h11,18-21,26H,7-10,12-16H2,1-6H3/q+1/t18-,19-,20-,21+,26-,27-,28+,29-,30-/m0/s1. The summed E-state index contributed by atoms with van der Waals surface area (Å²) in [5.74, 6) is 0.215. The molecule has 3 aliphatic carbocycles. The van der Waals surface area contributed by atoms with Gasteiger partial charge in [0, 0.05) is 42.9 Å². The number of ether oxygens (including phenoxy) is 2. The molecule has 2 saturated carbocycles. The van der Waals surface area contributed by atoms with Crippen molar-refractivity contribution in [2.75, 3.05) is 13.7 Å². The lowest BCUT2D eigenvalue weighted by Crippen LogP contribution is -2.70. The molecule has 0 N–H and O–H groups in total. The summed E-state index contributed by atoms with van der Waals surface area (Å²) in [6.45, 7) is 12.0. The van der Waals surface area contributed by atoms with Crippen LogP contribution in [0.25, 0.3) is 0 Å². The molecule has 6 heteroatoms. The number of rotatable bonds is 2. The molecule has 2 bridgehead atoms. The van der Waals surface area contributed by atoms with E-state index in [2.05, 4.69) is 32.3 Å². The minimum Gasteiger partial charge on any atom is -0.469 e. The molecule has 2 saturated heterocycles. The Hall–Kier alpha value is -1.82. The van der Waals surface area contributed by atoms with Gasteiger partial charge in [-0.25, -0.2) is 4.58 Å². The third-order valence-electron chi connectivity index (χ3n) is 11.8. The summed E-state index contributed by atoms with van der Waals surface area (Å²) in [5, 5.41) is 0. The van der Waals surface area contributed by atoms with Gasteiger partial charge in [-0.05, 0) is 56.4 Å². The molecule has 4 fully saturated rings. The van der Waals surface area contributed by atoms with E-state index in [0.29, 0.717) is 12.3 Å². The van der Waals surface area contributed by atoms with Crippen LogP contribution in [0.5, 0.6) is 0 Å². The van der Waals surface area contributed by atoms with Crippen LogP contribution in [0.3, 0.4) is 0 Å². The van der Waals surface area contributed by atoms with Gasteiger partial charge >= 0.3 is 5.97 Å². The fourth-order valence-electron chi connectivity index (χ4n) is 10.2. The molecule has 0 unspecified atom stereocenters. The first-order valence-corrected chi connectivity index (χ1v) is 14.0. The van der Waals surface area contributed by atoms with E-state index < -0.39 is 10.8 Å². The zero-order valence-corrected chi connectivity index (χ0v) is 22.8. The van der Waals surface area contributed by atoms with Crippen LogP contribution in [0.15, 0.2) is 11.6 Å². The number of methoxy groups -OCH3 is 1. The molecular formula is C30H42NO5+. The van der Waals surface area contributed by atoms with E-state index in [-0.39, 0.29) is 59.0 Å². The normalized spacial score (nSPS) is 49.5. The molecule has 0 aromatic rings. The smallest absolute Gasteiger partial charge is 0.306 e. The molecule has 3 aliphatic heterocycles. The predicted molar refractivity (Wildman–Crippen MR) is 134 cm³/mol. The lowest BCUT2D eigenvalue weighted by Gasteiger charge is -2.65. The van der Waals surface area contributed by atoms with Crippen LogP contribution in [0.1, 0.15) is 86.0 Å². The number of allylic oxidation sites excluding steroid dienone is 2. The largest absolute Gasteiger partial charge is 0.469 e. The van der Waals surface area contributed by atoms with Crippen molar-refractivity contribution in [1.29, 1.82) is 0 Å². The number of fused-ring (bicyclic) bond motifs is 5. The molecule has 6 aliphatic rings. The maximum Gasteiger partial charge on any atom is 0.306 e.